The minimum Gasteiger partial charge on any atom is -0.506 e. The van der Waals surface area contributed by atoms with Crippen LogP contribution in [0.1, 0.15) is 15.9 Å². The number of anilines is 1. The molecule has 0 fully saturated rings. The summed E-state index contributed by atoms with van der Waals surface area (Å²) in [4.78, 5) is 35.6. The maximum atomic E-state index is 12.0. The van der Waals surface area contributed by atoms with Crippen LogP contribution < -0.4 is 16.0 Å². The van der Waals surface area contributed by atoms with Crippen LogP contribution in [0.5, 0.6) is 5.75 Å². The minimum atomic E-state index is -0.559. The van der Waals surface area contributed by atoms with Crippen LogP contribution in [0.25, 0.3) is 0 Å². The molecule has 4 N–H and O–H groups in total. The average Bonchev–Trinajstić information content (AvgIpc) is 2.60. The lowest BCUT2D eigenvalue weighted by atomic mass is 10.2. The average molecular weight is 410 g/mol. The highest BCUT2D eigenvalue weighted by Crippen LogP contribution is 2.23. The van der Waals surface area contributed by atoms with Gasteiger partial charge in [0.2, 0.25) is 11.8 Å². The Morgan fingerprint density at radius 2 is 1.67 bits per heavy atom. The number of halogens is 2. The van der Waals surface area contributed by atoms with Gasteiger partial charge in [0, 0.05) is 5.02 Å². The second kappa shape index (κ2) is 9.25. The Balaban J connectivity index is 1.78. The first-order chi connectivity index (χ1) is 12.8. The molecule has 9 heteroatoms. The van der Waals surface area contributed by atoms with E-state index in [2.05, 4.69) is 16.0 Å². The van der Waals surface area contributed by atoms with Crippen molar-refractivity contribution in [2.45, 2.75) is 6.92 Å². The molecule has 0 spiro atoms. The van der Waals surface area contributed by atoms with E-state index in [-0.39, 0.29) is 35.1 Å². The molecule has 2 aromatic carbocycles. The number of aromatic hydroxyl groups is 1. The molecule has 27 heavy (non-hydrogen) atoms. The Kier molecular flexibility index (Phi) is 7.04. The third-order valence-corrected chi connectivity index (χ3v) is 4.01. The van der Waals surface area contributed by atoms with Gasteiger partial charge in [-0.25, -0.2) is 0 Å². The molecule has 0 saturated carbocycles. The van der Waals surface area contributed by atoms with Crippen LogP contribution in [0.4, 0.5) is 5.69 Å². The van der Waals surface area contributed by atoms with Gasteiger partial charge in [-0.3, -0.25) is 14.4 Å². The number of hydrogen-bond donors (Lipinski definition) is 4. The maximum absolute atomic E-state index is 12.0. The number of carbonyl (C=O) groups is 3. The van der Waals surface area contributed by atoms with Crippen molar-refractivity contribution in [1.29, 1.82) is 0 Å². The van der Waals surface area contributed by atoms with Gasteiger partial charge in [0.15, 0.2) is 0 Å². The first kappa shape index (κ1) is 20.5. The van der Waals surface area contributed by atoms with Crippen molar-refractivity contribution in [3.8, 4) is 5.75 Å². The molecule has 0 heterocycles. The number of aryl methyl sites for hydroxylation is 1. The van der Waals surface area contributed by atoms with E-state index in [1.54, 1.807) is 19.1 Å². The number of rotatable bonds is 6. The number of nitrogens with one attached hydrogen (secondary N) is 3. The largest absolute Gasteiger partial charge is 0.506 e. The summed E-state index contributed by atoms with van der Waals surface area (Å²) in [5, 5.41) is 17.5. The molecule has 0 aliphatic heterocycles. The lowest BCUT2D eigenvalue weighted by molar-refractivity contribution is -0.123. The number of phenols is 1. The highest BCUT2D eigenvalue weighted by atomic mass is 35.5. The molecule has 0 saturated heterocycles. The van der Waals surface area contributed by atoms with Crippen molar-refractivity contribution < 1.29 is 19.5 Å². The van der Waals surface area contributed by atoms with Crippen molar-refractivity contribution >= 4 is 46.6 Å². The van der Waals surface area contributed by atoms with E-state index in [0.717, 1.165) is 5.56 Å². The standard InChI is InChI=1S/C18H17Cl2N3O4/c1-10-2-5-14(15(24)6-10)23-17(26)9-21-16(25)8-22-18(27)12-4-3-11(19)7-13(12)20/h2-7,24H,8-9H2,1H3,(H,21,25)(H,22,27)(H,23,26). The molecule has 0 unspecified atom stereocenters. The third-order valence-electron chi connectivity index (χ3n) is 3.46. The summed E-state index contributed by atoms with van der Waals surface area (Å²) in [6, 6.07) is 9.16. The zero-order valence-corrected chi connectivity index (χ0v) is 15.8. The molecular weight excluding hydrogens is 393 g/mol. The van der Waals surface area contributed by atoms with Gasteiger partial charge < -0.3 is 21.1 Å². The van der Waals surface area contributed by atoms with Crippen molar-refractivity contribution in [1.82, 2.24) is 10.6 Å². The van der Waals surface area contributed by atoms with Gasteiger partial charge in [0.25, 0.3) is 5.91 Å². The Morgan fingerprint density at radius 3 is 2.33 bits per heavy atom. The lowest BCUT2D eigenvalue weighted by Gasteiger charge is -2.10. The molecule has 0 radical (unpaired) electrons. The van der Waals surface area contributed by atoms with Crippen molar-refractivity contribution in [2.75, 3.05) is 18.4 Å². The zero-order valence-electron chi connectivity index (χ0n) is 14.3. The third kappa shape index (κ3) is 6.16. The molecule has 0 aliphatic rings. The number of carbonyl (C=O) groups excluding carboxylic acids is 3. The van der Waals surface area contributed by atoms with Crippen molar-refractivity contribution in [3.63, 3.8) is 0 Å². The summed E-state index contributed by atoms with van der Waals surface area (Å²) in [6.07, 6.45) is 0. The predicted molar refractivity (Wildman–Crippen MR) is 103 cm³/mol. The monoisotopic (exact) mass is 409 g/mol. The van der Waals surface area contributed by atoms with Gasteiger partial charge in [-0.05, 0) is 42.8 Å². The molecular formula is C18H17Cl2N3O4. The van der Waals surface area contributed by atoms with Gasteiger partial charge >= 0.3 is 0 Å². The highest BCUT2D eigenvalue weighted by molar-refractivity contribution is 6.36. The molecule has 0 bridgehead atoms. The minimum absolute atomic E-state index is 0.0678. The van der Waals surface area contributed by atoms with E-state index < -0.39 is 17.7 Å². The van der Waals surface area contributed by atoms with E-state index >= 15 is 0 Å². The first-order valence-electron chi connectivity index (χ1n) is 7.85. The molecule has 3 amide bonds. The van der Waals surface area contributed by atoms with Gasteiger partial charge in [0.05, 0.1) is 29.4 Å². The number of benzene rings is 2. The fourth-order valence-corrected chi connectivity index (χ4v) is 2.61. The van der Waals surface area contributed by atoms with E-state index in [1.807, 2.05) is 0 Å². The van der Waals surface area contributed by atoms with Crippen LogP contribution in [0.2, 0.25) is 10.0 Å². The van der Waals surface area contributed by atoms with Crippen molar-refractivity contribution in [3.05, 3.63) is 57.6 Å². The molecule has 0 aromatic heterocycles. The Bertz CT molecular complexity index is 887. The van der Waals surface area contributed by atoms with E-state index in [1.165, 1.54) is 24.3 Å². The highest BCUT2D eigenvalue weighted by Gasteiger charge is 2.13. The molecule has 2 aromatic rings. The van der Waals surface area contributed by atoms with Crippen LogP contribution in [-0.4, -0.2) is 35.9 Å². The summed E-state index contributed by atoms with van der Waals surface area (Å²) in [5.74, 6) is -1.69. The number of amides is 3. The second-order valence-electron chi connectivity index (χ2n) is 5.65. The van der Waals surface area contributed by atoms with Crippen LogP contribution in [0.15, 0.2) is 36.4 Å². The smallest absolute Gasteiger partial charge is 0.253 e. The van der Waals surface area contributed by atoms with Gasteiger partial charge in [-0.15, -0.1) is 0 Å². The second-order valence-corrected chi connectivity index (χ2v) is 6.50. The molecule has 0 atom stereocenters. The summed E-state index contributed by atoms with van der Waals surface area (Å²) in [7, 11) is 0. The zero-order chi connectivity index (χ0) is 20.0. The van der Waals surface area contributed by atoms with E-state index in [9.17, 15) is 19.5 Å². The summed E-state index contributed by atoms with van der Waals surface area (Å²) >= 11 is 11.7. The van der Waals surface area contributed by atoms with Gasteiger partial charge in [0.1, 0.15) is 5.75 Å². The molecule has 0 aliphatic carbocycles. The topological polar surface area (TPSA) is 108 Å². The molecule has 2 rings (SSSR count). The Morgan fingerprint density at radius 1 is 0.963 bits per heavy atom. The van der Waals surface area contributed by atoms with E-state index in [4.69, 9.17) is 23.2 Å². The lowest BCUT2D eigenvalue weighted by Crippen LogP contribution is -2.40. The quantitative estimate of drug-likeness (QED) is 0.549. The van der Waals surface area contributed by atoms with E-state index in [0.29, 0.717) is 5.02 Å². The molecule has 7 nitrogen and oxygen atoms in total. The number of hydrogen-bond acceptors (Lipinski definition) is 4. The normalized spacial score (nSPS) is 10.2. The summed E-state index contributed by atoms with van der Waals surface area (Å²) < 4.78 is 0. The van der Waals surface area contributed by atoms with Crippen molar-refractivity contribution in [2.24, 2.45) is 0 Å². The molecule has 142 valence electrons. The summed E-state index contributed by atoms with van der Waals surface area (Å²) in [5.41, 5.74) is 1.27. The Labute approximate surface area is 165 Å². The Hall–Kier alpha value is -2.77. The van der Waals surface area contributed by atoms with Crippen LogP contribution in [0, 0.1) is 6.92 Å². The summed E-state index contributed by atoms with van der Waals surface area (Å²) in [6.45, 7) is 1.15. The predicted octanol–water partition coefficient (Wildman–Crippen LogP) is 2.49. The SMILES string of the molecule is Cc1ccc(NC(=O)CNC(=O)CNC(=O)c2ccc(Cl)cc2Cl)c(O)c1. The number of phenolic OH excluding ortho intramolecular Hbond substituents is 1. The fourth-order valence-electron chi connectivity index (χ4n) is 2.11. The van der Waals surface area contributed by atoms with Gasteiger partial charge in [-0.2, -0.15) is 0 Å². The first-order valence-corrected chi connectivity index (χ1v) is 8.61. The maximum Gasteiger partial charge on any atom is 0.253 e. The van der Waals surface area contributed by atoms with Crippen LogP contribution >= 0.6 is 23.2 Å². The van der Waals surface area contributed by atoms with Gasteiger partial charge in [-0.1, -0.05) is 29.3 Å². The fraction of sp³-hybridized carbons (Fsp3) is 0.167. The van der Waals surface area contributed by atoms with Crippen LogP contribution in [0.3, 0.4) is 0 Å². The van der Waals surface area contributed by atoms with Crippen LogP contribution in [-0.2, 0) is 9.59 Å².